The van der Waals surface area contributed by atoms with E-state index in [4.69, 9.17) is 14.2 Å². The minimum Gasteiger partial charge on any atom is -0.493 e. The fraction of sp³-hybridized carbons (Fsp3) is 0.571. The number of methoxy groups -OCH3 is 2. The van der Waals surface area contributed by atoms with Crippen LogP contribution in [0.2, 0.25) is 0 Å². The predicted octanol–water partition coefficient (Wildman–Crippen LogP) is 1.97. The molecule has 1 heterocycles. The number of nitrogens with one attached hydrogen (secondary N) is 1. The normalized spacial score (nSPS) is 19.6. The van der Waals surface area contributed by atoms with Crippen molar-refractivity contribution in [2.24, 2.45) is 0 Å². The molecule has 1 unspecified atom stereocenters. The van der Waals surface area contributed by atoms with Crippen LogP contribution in [0.5, 0.6) is 11.5 Å². The van der Waals surface area contributed by atoms with Gasteiger partial charge in [0.2, 0.25) is 0 Å². The third-order valence-corrected chi connectivity index (χ3v) is 3.23. The van der Waals surface area contributed by atoms with E-state index in [0.717, 1.165) is 43.2 Å². The second-order valence-electron chi connectivity index (χ2n) is 4.45. The molecule has 0 aliphatic carbocycles. The van der Waals surface area contributed by atoms with E-state index in [1.54, 1.807) is 14.2 Å². The summed E-state index contributed by atoms with van der Waals surface area (Å²) in [7, 11) is 3.33. The molecule has 1 aromatic carbocycles. The topological polar surface area (TPSA) is 39.7 Å². The molecular weight excluding hydrogens is 230 g/mol. The number of ether oxygens (including phenoxy) is 3. The molecule has 1 fully saturated rings. The average Bonchev–Trinajstić information content (AvgIpc) is 2.45. The number of hydrogen-bond donors (Lipinski definition) is 1. The summed E-state index contributed by atoms with van der Waals surface area (Å²) < 4.78 is 16.2. The molecule has 4 nitrogen and oxygen atoms in total. The van der Waals surface area contributed by atoms with Gasteiger partial charge in [-0.3, -0.25) is 0 Å². The van der Waals surface area contributed by atoms with E-state index >= 15 is 0 Å². The summed E-state index contributed by atoms with van der Waals surface area (Å²) in [6, 6.07) is 6.38. The first kappa shape index (κ1) is 13.2. The first-order valence-electron chi connectivity index (χ1n) is 6.36. The van der Waals surface area contributed by atoms with Gasteiger partial charge in [-0.2, -0.15) is 0 Å². The summed E-state index contributed by atoms with van der Waals surface area (Å²) in [5, 5.41) is 3.50. The zero-order valence-corrected chi connectivity index (χ0v) is 11.1. The first-order valence-corrected chi connectivity index (χ1v) is 6.36. The van der Waals surface area contributed by atoms with Gasteiger partial charge in [-0.15, -0.1) is 0 Å². The average molecular weight is 251 g/mol. The summed E-state index contributed by atoms with van der Waals surface area (Å²) in [6.07, 6.45) is 2.30. The van der Waals surface area contributed by atoms with Gasteiger partial charge in [0.15, 0.2) is 11.5 Å². The Bertz CT molecular complexity index is 375. The van der Waals surface area contributed by atoms with E-state index in [-0.39, 0.29) is 0 Å². The van der Waals surface area contributed by atoms with E-state index in [0.29, 0.717) is 6.04 Å². The SMILES string of the molecule is COc1cccc(CNC2CCCOC2)c1OC. The van der Waals surface area contributed by atoms with Crippen LogP contribution in [0.25, 0.3) is 0 Å². The molecule has 4 heteroatoms. The number of rotatable bonds is 5. The van der Waals surface area contributed by atoms with E-state index in [1.165, 1.54) is 6.42 Å². The molecule has 0 amide bonds. The van der Waals surface area contributed by atoms with Crippen molar-refractivity contribution in [1.82, 2.24) is 5.32 Å². The minimum atomic E-state index is 0.439. The van der Waals surface area contributed by atoms with Gasteiger partial charge in [0.25, 0.3) is 0 Å². The molecule has 1 aliphatic heterocycles. The summed E-state index contributed by atoms with van der Waals surface area (Å²) in [5.41, 5.74) is 1.11. The van der Waals surface area contributed by atoms with Gasteiger partial charge in [0, 0.05) is 24.8 Å². The lowest BCUT2D eigenvalue weighted by Gasteiger charge is -2.23. The molecule has 1 aromatic rings. The van der Waals surface area contributed by atoms with Crippen molar-refractivity contribution >= 4 is 0 Å². The Morgan fingerprint density at radius 1 is 1.33 bits per heavy atom. The Kier molecular flexibility index (Phi) is 4.84. The van der Waals surface area contributed by atoms with Crippen molar-refractivity contribution in [3.8, 4) is 11.5 Å². The summed E-state index contributed by atoms with van der Waals surface area (Å²) in [6.45, 7) is 2.46. The lowest BCUT2D eigenvalue weighted by molar-refractivity contribution is 0.0698. The quantitative estimate of drug-likeness (QED) is 0.868. The van der Waals surface area contributed by atoms with Crippen LogP contribution < -0.4 is 14.8 Å². The van der Waals surface area contributed by atoms with Crippen LogP contribution in [0, 0.1) is 0 Å². The van der Waals surface area contributed by atoms with Crippen molar-refractivity contribution in [2.45, 2.75) is 25.4 Å². The molecular formula is C14H21NO3. The van der Waals surface area contributed by atoms with Crippen LogP contribution in [0.1, 0.15) is 18.4 Å². The largest absolute Gasteiger partial charge is 0.493 e. The highest BCUT2D eigenvalue weighted by Crippen LogP contribution is 2.30. The molecule has 1 saturated heterocycles. The second-order valence-corrected chi connectivity index (χ2v) is 4.45. The minimum absolute atomic E-state index is 0.439. The summed E-state index contributed by atoms with van der Waals surface area (Å²) in [5.74, 6) is 1.58. The first-order chi connectivity index (χ1) is 8.85. The lowest BCUT2D eigenvalue weighted by atomic mass is 10.1. The Labute approximate surface area is 108 Å². The molecule has 1 atom stereocenters. The highest BCUT2D eigenvalue weighted by Gasteiger charge is 2.15. The van der Waals surface area contributed by atoms with Crippen molar-refractivity contribution in [3.63, 3.8) is 0 Å². The summed E-state index contributed by atoms with van der Waals surface area (Å²) >= 11 is 0. The maximum absolute atomic E-state index is 5.45. The fourth-order valence-electron chi connectivity index (χ4n) is 2.25. The highest BCUT2D eigenvalue weighted by molar-refractivity contribution is 5.46. The van der Waals surface area contributed by atoms with E-state index in [9.17, 15) is 0 Å². The van der Waals surface area contributed by atoms with Crippen LogP contribution in [0.15, 0.2) is 18.2 Å². The van der Waals surface area contributed by atoms with Gasteiger partial charge >= 0.3 is 0 Å². The highest BCUT2D eigenvalue weighted by atomic mass is 16.5. The predicted molar refractivity (Wildman–Crippen MR) is 70.2 cm³/mol. The summed E-state index contributed by atoms with van der Waals surface area (Å²) in [4.78, 5) is 0. The third kappa shape index (κ3) is 3.15. The standard InChI is InChI=1S/C14H21NO3/c1-16-13-7-3-5-11(14(13)17-2)9-15-12-6-4-8-18-10-12/h3,5,7,12,15H,4,6,8-10H2,1-2H3. The molecule has 0 spiro atoms. The Morgan fingerprint density at radius 2 is 2.22 bits per heavy atom. The fourth-order valence-corrected chi connectivity index (χ4v) is 2.25. The molecule has 1 aliphatic rings. The Hall–Kier alpha value is -1.26. The van der Waals surface area contributed by atoms with Crippen molar-refractivity contribution in [3.05, 3.63) is 23.8 Å². The maximum Gasteiger partial charge on any atom is 0.165 e. The van der Waals surface area contributed by atoms with Crippen LogP contribution in [0.3, 0.4) is 0 Å². The second kappa shape index (κ2) is 6.61. The Balaban J connectivity index is 1.99. The third-order valence-electron chi connectivity index (χ3n) is 3.23. The van der Waals surface area contributed by atoms with Crippen molar-refractivity contribution < 1.29 is 14.2 Å². The molecule has 0 saturated carbocycles. The van der Waals surface area contributed by atoms with Gasteiger partial charge in [-0.05, 0) is 18.9 Å². The van der Waals surface area contributed by atoms with Gasteiger partial charge in [-0.25, -0.2) is 0 Å². The van der Waals surface area contributed by atoms with Gasteiger partial charge in [0.1, 0.15) is 0 Å². The van der Waals surface area contributed by atoms with E-state index in [1.807, 2.05) is 12.1 Å². The maximum atomic E-state index is 5.45. The van der Waals surface area contributed by atoms with Crippen LogP contribution in [-0.2, 0) is 11.3 Å². The van der Waals surface area contributed by atoms with Gasteiger partial charge < -0.3 is 19.5 Å². The monoisotopic (exact) mass is 251 g/mol. The molecule has 18 heavy (non-hydrogen) atoms. The molecule has 0 radical (unpaired) electrons. The lowest BCUT2D eigenvalue weighted by Crippen LogP contribution is -2.36. The van der Waals surface area contributed by atoms with E-state index in [2.05, 4.69) is 11.4 Å². The van der Waals surface area contributed by atoms with Crippen LogP contribution in [0.4, 0.5) is 0 Å². The van der Waals surface area contributed by atoms with Crippen LogP contribution in [-0.4, -0.2) is 33.5 Å². The van der Waals surface area contributed by atoms with Crippen molar-refractivity contribution in [2.75, 3.05) is 27.4 Å². The van der Waals surface area contributed by atoms with Crippen LogP contribution >= 0.6 is 0 Å². The van der Waals surface area contributed by atoms with Crippen molar-refractivity contribution in [1.29, 1.82) is 0 Å². The molecule has 0 bridgehead atoms. The van der Waals surface area contributed by atoms with E-state index < -0.39 is 0 Å². The zero-order chi connectivity index (χ0) is 12.8. The molecule has 0 aromatic heterocycles. The van der Waals surface area contributed by atoms with Gasteiger partial charge in [0.05, 0.1) is 20.8 Å². The van der Waals surface area contributed by atoms with Gasteiger partial charge in [-0.1, -0.05) is 12.1 Å². The number of para-hydroxylation sites is 1. The Morgan fingerprint density at radius 3 is 2.89 bits per heavy atom. The zero-order valence-electron chi connectivity index (χ0n) is 11.1. The number of benzene rings is 1. The molecule has 2 rings (SSSR count). The number of hydrogen-bond acceptors (Lipinski definition) is 4. The molecule has 1 N–H and O–H groups in total. The smallest absolute Gasteiger partial charge is 0.165 e. The molecule has 100 valence electrons.